The molecular formula is C9H17NOS. The number of rotatable bonds is 0. The van der Waals surface area contributed by atoms with Gasteiger partial charge in [0, 0.05) is 30.5 Å². The highest BCUT2D eigenvalue weighted by Gasteiger charge is 2.24. The van der Waals surface area contributed by atoms with Crippen LogP contribution in [0.4, 0.5) is 0 Å². The van der Waals surface area contributed by atoms with Crippen molar-refractivity contribution >= 4 is 17.7 Å². The average molecular weight is 187 g/mol. The van der Waals surface area contributed by atoms with Crippen molar-refractivity contribution in [2.45, 2.75) is 31.9 Å². The average Bonchev–Trinajstić information content (AvgIpc) is 2.10. The molecule has 2 nitrogen and oxygen atoms in total. The Bertz CT molecular complexity index is 179. The molecule has 0 aliphatic carbocycles. The highest BCUT2D eigenvalue weighted by atomic mass is 32.2. The van der Waals surface area contributed by atoms with Crippen LogP contribution in [0.5, 0.6) is 0 Å². The van der Waals surface area contributed by atoms with Gasteiger partial charge in [-0.25, -0.2) is 0 Å². The first kappa shape index (κ1) is 9.90. The summed E-state index contributed by atoms with van der Waals surface area (Å²) >= 11 is 1.97. The molecule has 0 atom stereocenters. The first-order chi connectivity index (χ1) is 5.51. The molecule has 70 valence electrons. The van der Waals surface area contributed by atoms with Gasteiger partial charge < -0.3 is 4.90 Å². The topological polar surface area (TPSA) is 20.3 Å². The molecule has 0 radical (unpaired) electrons. The number of carbonyl (C=O) groups is 1. The van der Waals surface area contributed by atoms with E-state index in [1.165, 1.54) is 0 Å². The van der Waals surface area contributed by atoms with E-state index in [0.717, 1.165) is 25.3 Å². The van der Waals surface area contributed by atoms with Crippen LogP contribution in [0.1, 0.15) is 27.2 Å². The Morgan fingerprint density at radius 2 is 2.08 bits per heavy atom. The van der Waals surface area contributed by atoms with Crippen LogP contribution >= 0.6 is 11.8 Å². The molecule has 0 unspecified atom stereocenters. The summed E-state index contributed by atoms with van der Waals surface area (Å²) in [5, 5.41) is 0. The number of hydrogen-bond acceptors (Lipinski definition) is 2. The Kier molecular flexibility index (Phi) is 3.04. The lowest BCUT2D eigenvalue weighted by molar-refractivity contribution is -0.128. The molecule has 3 heteroatoms. The van der Waals surface area contributed by atoms with Gasteiger partial charge in [-0.05, 0) is 6.42 Å². The minimum absolute atomic E-state index is 0.216. The minimum Gasteiger partial charge on any atom is -0.342 e. The fourth-order valence-electron chi connectivity index (χ4n) is 1.34. The Balaban J connectivity index is 2.50. The quantitative estimate of drug-likeness (QED) is 0.576. The number of carbonyl (C=O) groups excluding carboxylic acids is 1. The number of hydrogen-bond donors (Lipinski definition) is 0. The summed E-state index contributed by atoms with van der Waals surface area (Å²) in [5.74, 6) is 1.29. The minimum atomic E-state index is 0.216. The van der Waals surface area contributed by atoms with E-state index in [1.54, 1.807) is 6.92 Å². The maximum atomic E-state index is 11.1. The number of amides is 1. The lowest BCUT2D eigenvalue weighted by atomic mass is 10.1. The van der Waals surface area contributed by atoms with Crippen molar-refractivity contribution in [3.8, 4) is 0 Å². The Morgan fingerprint density at radius 1 is 1.42 bits per heavy atom. The van der Waals surface area contributed by atoms with Gasteiger partial charge in [0.15, 0.2) is 0 Å². The molecule has 0 aromatic carbocycles. The zero-order valence-electron chi connectivity index (χ0n) is 8.09. The second-order valence-electron chi connectivity index (χ2n) is 3.86. The monoisotopic (exact) mass is 187 g/mol. The molecule has 0 aromatic rings. The summed E-state index contributed by atoms with van der Waals surface area (Å²) in [6.07, 6.45) is 1.11. The Labute approximate surface area is 78.7 Å². The smallest absolute Gasteiger partial charge is 0.219 e. The van der Waals surface area contributed by atoms with Crippen LogP contribution in [0.3, 0.4) is 0 Å². The maximum absolute atomic E-state index is 11.1. The molecule has 1 aliphatic rings. The molecule has 0 spiro atoms. The van der Waals surface area contributed by atoms with E-state index in [9.17, 15) is 4.79 Å². The molecule has 1 saturated heterocycles. The van der Waals surface area contributed by atoms with E-state index >= 15 is 0 Å². The third-order valence-corrected chi connectivity index (χ3v) is 3.66. The summed E-state index contributed by atoms with van der Waals surface area (Å²) in [5.41, 5.74) is 0. The van der Waals surface area contributed by atoms with Crippen molar-refractivity contribution in [1.82, 2.24) is 4.90 Å². The van der Waals surface area contributed by atoms with Gasteiger partial charge in [0.1, 0.15) is 0 Å². The highest BCUT2D eigenvalue weighted by molar-refractivity contribution is 8.00. The first-order valence-electron chi connectivity index (χ1n) is 4.41. The van der Waals surface area contributed by atoms with Crippen LogP contribution in [0.2, 0.25) is 0 Å². The van der Waals surface area contributed by atoms with E-state index in [-0.39, 0.29) is 5.91 Å². The van der Waals surface area contributed by atoms with Gasteiger partial charge in [-0.3, -0.25) is 4.79 Å². The standard InChI is InChI=1S/C9H17NOS/c1-8(11)10-5-4-9(2,3)12-7-6-10/h4-7H2,1-3H3. The lowest BCUT2D eigenvalue weighted by Gasteiger charge is -2.21. The van der Waals surface area contributed by atoms with Gasteiger partial charge in [0.25, 0.3) is 0 Å². The van der Waals surface area contributed by atoms with Crippen molar-refractivity contribution in [2.75, 3.05) is 18.8 Å². The molecule has 1 aliphatic heterocycles. The molecule has 0 aromatic heterocycles. The van der Waals surface area contributed by atoms with Crippen LogP contribution in [-0.4, -0.2) is 34.4 Å². The summed E-state index contributed by atoms with van der Waals surface area (Å²) in [6.45, 7) is 8.00. The van der Waals surface area contributed by atoms with Gasteiger partial charge in [-0.2, -0.15) is 11.8 Å². The Morgan fingerprint density at radius 3 is 2.67 bits per heavy atom. The van der Waals surface area contributed by atoms with E-state index in [0.29, 0.717) is 4.75 Å². The first-order valence-corrected chi connectivity index (χ1v) is 5.39. The van der Waals surface area contributed by atoms with Crippen LogP contribution in [0.25, 0.3) is 0 Å². The second-order valence-corrected chi connectivity index (χ2v) is 5.67. The fourth-order valence-corrected chi connectivity index (χ4v) is 2.44. The number of nitrogens with zero attached hydrogens (tertiary/aromatic N) is 1. The molecule has 1 fully saturated rings. The van der Waals surface area contributed by atoms with Crippen molar-refractivity contribution in [2.24, 2.45) is 0 Å². The van der Waals surface area contributed by atoms with Gasteiger partial charge in [0.05, 0.1) is 0 Å². The summed E-state index contributed by atoms with van der Waals surface area (Å²) < 4.78 is 0.351. The molecule has 0 bridgehead atoms. The molecule has 1 heterocycles. The van der Waals surface area contributed by atoms with Crippen molar-refractivity contribution < 1.29 is 4.79 Å². The van der Waals surface area contributed by atoms with Crippen LogP contribution in [0.15, 0.2) is 0 Å². The van der Waals surface area contributed by atoms with Crippen LogP contribution < -0.4 is 0 Å². The zero-order chi connectivity index (χ0) is 9.19. The van der Waals surface area contributed by atoms with Gasteiger partial charge in [-0.15, -0.1) is 0 Å². The molecule has 1 amide bonds. The fraction of sp³-hybridized carbons (Fsp3) is 0.889. The van der Waals surface area contributed by atoms with E-state index in [4.69, 9.17) is 0 Å². The van der Waals surface area contributed by atoms with Crippen LogP contribution in [-0.2, 0) is 4.79 Å². The van der Waals surface area contributed by atoms with E-state index in [2.05, 4.69) is 13.8 Å². The van der Waals surface area contributed by atoms with Gasteiger partial charge in [-0.1, -0.05) is 13.8 Å². The number of thioether (sulfide) groups is 1. The zero-order valence-corrected chi connectivity index (χ0v) is 8.91. The SMILES string of the molecule is CC(=O)N1CCSC(C)(C)CC1. The van der Waals surface area contributed by atoms with Gasteiger partial charge in [0.2, 0.25) is 5.91 Å². The second kappa shape index (κ2) is 3.69. The normalized spacial score (nSPS) is 23.4. The third kappa shape index (κ3) is 2.70. The third-order valence-electron chi connectivity index (χ3n) is 2.28. The van der Waals surface area contributed by atoms with Crippen molar-refractivity contribution in [3.05, 3.63) is 0 Å². The van der Waals surface area contributed by atoms with Crippen molar-refractivity contribution in [3.63, 3.8) is 0 Å². The lowest BCUT2D eigenvalue weighted by Crippen LogP contribution is -2.31. The summed E-state index contributed by atoms with van der Waals surface area (Å²) in [4.78, 5) is 13.0. The van der Waals surface area contributed by atoms with E-state index in [1.807, 2.05) is 16.7 Å². The van der Waals surface area contributed by atoms with Gasteiger partial charge >= 0.3 is 0 Å². The maximum Gasteiger partial charge on any atom is 0.219 e. The summed E-state index contributed by atoms with van der Waals surface area (Å²) in [7, 11) is 0. The predicted molar refractivity (Wildman–Crippen MR) is 53.4 cm³/mol. The van der Waals surface area contributed by atoms with E-state index < -0.39 is 0 Å². The Hall–Kier alpha value is -0.180. The molecule has 0 saturated carbocycles. The summed E-state index contributed by atoms with van der Waals surface area (Å²) in [6, 6.07) is 0. The van der Waals surface area contributed by atoms with Crippen LogP contribution in [0, 0.1) is 0 Å². The largest absolute Gasteiger partial charge is 0.342 e. The molecule has 1 rings (SSSR count). The highest BCUT2D eigenvalue weighted by Crippen LogP contribution is 2.30. The molecular weight excluding hydrogens is 170 g/mol. The molecule has 12 heavy (non-hydrogen) atoms. The molecule has 0 N–H and O–H groups in total. The van der Waals surface area contributed by atoms with Crippen molar-refractivity contribution in [1.29, 1.82) is 0 Å². The predicted octanol–water partition coefficient (Wildman–Crippen LogP) is 1.75.